The van der Waals surface area contributed by atoms with E-state index < -0.39 is 5.97 Å². The van der Waals surface area contributed by atoms with Gasteiger partial charge in [0, 0.05) is 26.2 Å². The third-order valence-electron chi connectivity index (χ3n) is 3.75. The maximum Gasteiger partial charge on any atom is 0.339 e. The van der Waals surface area contributed by atoms with Crippen molar-refractivity contribution in [2.45, 2.75) is 26.3 Å². The molecular formula is C14H20N4O3. The van der Waals surface area contributed by atoms with Crippen molar-refractivity contribution < 1.29 is 14.7 Å². The fourth-order valence-corrected chi connectivity index (χ4v) is 2.51. The van der Waals surface area contributed by atoms with E-state index in [1.54, 1.807) is 0 Å². The topological polar surface area (TPSA) is 95.4 Å². The number of nitrogens with one attached hydrogen (secondary N) is 1. The van der Waals surface area contributed by atoms with Crippen LogP contribution >= 0.6 is 0 Å². The molecule has 1 fully saturated rings. The molecule has 1 saturated heterocycles. The van der Waals surface area contributed by atoms with E-state index in [9.17, 15) is 9.59 Å². The van der Waals surface area contributed by atoms with Crippen LogP contribution in [0.1, 0.15) is 35.8 Å². The molecule has 7 heteroatoms. The van der Waals surface area contributed by atoms with E-state index in [-0.39, 0.29) is 11.5 Å². The molecule has 7 nitrogen and oxygen atoms in total. The van der Waals surface area contributed by atoms with Crippen LogP contribution in [0.2, 0.25) is 0 Å². The molecule has 0 atom stereocenters. The SMILES string of the molecule is CC(=O)NCC1CCN(Cc2ncncc2C(=O)O)CC1. The van der Waals surface area contributed by atoms with Crippen LogP contribution in [-0.4, -0.2) is 51.5 Å². The standard InChI is InChI=1S/C14H20N4O3/c1-10(19)16-6-11-2-4-18(5-3-11)8-13-12(14(20)21)7-15-9-17-13/h7,9,11H,2-6,8H2,1H3,(H,16,19)(H,20,21). The summed E-state index contributed by atoms with van der Waals surface area (Å²) >= 11 is 0. The van der Waals surface area contributed by atoms with Crippen LogP contribution < -0.4 is 5.32 Å². The molecule has 114 valence electrons. The third kappa shape index (κ3) is 4.49. The first-order valence-electron chi connectivity index (χ1n) is 7.05. The van der Waals surface area contributed by atoms with Gasteiger partial charge in [-0.25, -0.2) is 14.8 Å². The van der Waals surface area contributed by atoms with Crippen molar-refractivity contribution in [2.24, 2.45) is 5.92 Å². The van der Waals surface area contributed by atoms with Crippen molar-refractivity contribution in [3.8, 4) is 0 Å². The summed E-state index contributed by atoms with van der Waals surface area (Å²) in [5.74, 6) is -0.495. The molecule has 0 aliphatic carbocycles. The summed E-state index contributed by atoms with van der Waals surface area (Å²) in [6.45, 7) is 4.53. The Labute approximate surface area is 123 Å². The van der Waals surface area contributed by atoms with Gasteiger partial charge in [-0.3, -0.25) is 9.69 Å². The average molecular weight is 292 g/mol. The summed E-state index contributed by atoms with van der Waals surface area (Å²) in [6.07, 6.45) is 4.71. The molecule has 2 rings (SSSR count). The highest BCUT2D eigenvalue weighted by Crippen LogP contribution is 2.18. The predicted molar refractivity (Wildman–Crippen MR) is 75.7 cm³/mol. The monoisotopic (exact) mass is 292 g/mol. The molecule has 0 unspecified atom stereocenters. The highest BCUT2D eigenvalue weighted by molar-refractivity contribution is 5.88. The van der Waals surface area contributed by atoms with Gasteiger partial charge in [0.15, 0.2) is 0 Å². The number of aromatic carboxylic acids is 1. The molecule has 0 bridgehead atoms. The van der Waals surface area contributed by atoms with Gasteiger partial charge in [0.1, 0.15) is 11.9 Å². The largest absolute Gasteiger partial charge is 0.478 e. The van der Waals surface area contributed by atoms with Gasteiger partial charge in [-0.2, -0.15) is 0 Å². The minimum absolute atomic E-state index is 0.00418. The average Bonchev–Trinajstić information content (AvgIpc) is 2.47. The molecule has 0 saturated carbocycles. The molecule has 2 heterocycles. The molecule has 1 aromatic rings. The molecule has 2 N–H and O–H groups in total. The molecule has 1 aromatic heterocycles. The van der Waals surface area contributed by atoms with Crippen molar-refractivity contribution >= 4 is 11.9 Å². The number of hydrogen-bond donors (Lipinski definition) is 2. The number of nitrogens with zero attached hydrogens (tertiary/aromatic N) is 3. The second-order valence-corrected chi connectivity index (χ2v) is 5.34. The van der Waals surface area contributed by atoms with E-state index in [1.165, 1.54) is 19.4 Å². The van der Waals surface area contributed by atoms with E-state index >= 15 is 0 Å². The molecule has 21 heavy (non-hydrogen) atoms. The number of likely N-dealkylation sites (tertiary alicyclic amines) is 1. The number of aromatic nitrogens is 2. The third-order valence-corrected chi connectivity index (χ3v) is 3.75. The number of carbonyl (C=O) groups excluding carboxylic acids is 1. The molecule has 1 aliphatic rings. The number of carboxylic acids is 1. The highest BCUT2D eigenvalue weighted by Gasteiger charge is 2.21. The van der Waals surface area contributed by atoms with E-state index in [1.807, 2.05) is 0 Å². The Morgan fingerprint density at radius 1 is 1.43 bits per heavy atom. The fraction of sp³-hybridized carbons (Fsp3) is 0.571. The second-order valence-electron chi connectivity index (χ2n) is 5.34. The number of piperidine rings is 1. The molecule has 0 radical (unpaired) electrons. The van der Waals surface area contributed by atoms with Gasteiger partial charge in [0.2, 0.25) is 5.91 Å². The lowest BCUT2D eigenvalue weighted by Crippen LogP contribution is -2.38. The van der Waals surface area contributed by atoms with Gasteiger partial charge in [0.25, 0.3) is 0 Å². The number of carbonyl (C=O) groups is 2. The molecular weight excluding hydrogens is 272 g/mol. The number of carboxylic acid groups (broad SMARTS) is 1. The summed E-state index contributed by atoms with van der Waals surface area (Å²) in [5, 5.41) is 12.0. The Bertz CT molecular complexity index is 513. The Balaban J connectivity index is 1.86. The summed E-state index contributed by atoms with van der Waals surface area (Å²) < 4.78 is 0. The van der Waals surface area contributed by atoms with Crippen LogP contribution in [0.3, 0.4) is 0 Å². The second kappa shape index (κ2) is 7.12. The Hall–Kier alpha value is -2.02. The van der Waals surface area contributed by atoms with Gasteiger partial charge >= 0.3 is 5.97 Å². The zero-order valence-electron chi connectivity index (χ0n) is 12.1. The van der Waals surface area contributed by atoms with E-state index in [0.717, 1.165) is 32.5 Å². The zero-order valence-corrected chi connectivity index (χ0v) is 12.1. The first-order valence-corrected chi connectivity index (χ1v) is 7.05. The van der Waals surface area contributed by atoms with Crippen LogP contribution in [0.25, 0.3) is 0 Å². The molecule has 0 aromatic carbocycles. The number of amides is 1. The van der Waals surface area contributed by atoms with Gasteiger partial charge < -0.3 is 10.4 Å². The van der Waals surface area contributed by atoms with E-state index in [2.05, 4.69) is 20.2 Å². The van der Waals surface area contributed by atoms with Crippen LogP contribution in [0.15, 0.2) is 12.5 Å². The highest BCUT2D eigenvalue weighted by atomic mass is 16.4. The lowest BCUT2D eigenvalue weighted by atomic mass is 9.96. The van der Waals surface area contributed by atoms with Crippen molar-refractivity contribution in [2.75, 3.05) is 19.6 Å². The number of hydrogen-bond acceptors (Lipinski definition) is 5. The minimum Gasteiger partial charge on any atom is -0.478 e. The maximum atomic E-state index is 11.1. The summed E-state index contributed by atoms with van der Waals surface area (Å²) in [5.41, 5.74) is 0.718. The van der Waals surface area contributed by atoms with Gasteiger partial charge in [-0.1, -0.05) is 0 Å². The maximum absolute atomic E-state index is 11.1. The fourth-order valence-electron chi connectivity index (χ4n) is 2.51. The lowest BCUT2D eigenvalue weighted by molar-refractivity contribution is -0.119. The van der Waals surface area contributed by atoms with Crippen LogP contribution in [0, 0.1) is 5.92 Å². The predicted octanol–water partition coefficient (Wildman–Crippen LogP) is 0.523. The summed E-state index contributed by atoms with van der Waals surface area (Å²) in [4.78, 5) is 32.1. The summed E-state index contributed by atoms with van der Waals surface area (Å²) in [7, 11) is 0. The minimum atomic E-state index is -0.994. The first-order chi connectivity index (χ1) is 10.1. The van der Waals surface area contributed by atoms with Gasteiger partial charge in [-0.05, 0) is 31.8 Å². The lowest BCUT2D eigenvalue weighted by Gasteiger charge is -2.31. The Morgan fingerprint density at radius 2 is 2.14 bits per heavy atom. The summed E-state index contributed by atoms with van der Waals surface area (Å²) in [6, 6.07) is 0. The van der Waals surface area contributed by atoms with E-state index in [4.69, 9.17) is 5.11 Å². The van der Waals surface area contributed by atoms with Crippen LogP contribution in [-0.2, 0) is 11.3 Å². The van der Waals surface area contributed by atoms with Crippen molar-refractivity contribution in [1.82, 2.24) is 20.2 Å². The van der Waals surface area contributed by atoms with Crippen LogP contribution in [0.4, 0.5) is 0 Å². The van der Waals surface area contributed by atoms with Crippen molar-refractivity contribution in [3.63, 3.8) is 0 Å². The molecule has 0 spiro atoms. The normalized spacial score (nSPS) is 16.6. The number of rotatable bonds is 5. The zero-order chi connectivity index (χ0) is 15.2. The smallest absolute Gasteiger partial charge is 0.339 e. The van der Waals surface area contributed by atoms with Gasteiger partial charge in [0.05, 0.1) is 5.69 Å². The van der Waals surface area contributed by atoms with Crippen molar-refractivity contribution in [3.05, 3.63) is 23.8 Å². The first kappa shape index (κ1) is 15.4. The molecule has 1 aliphatic heterocycles. The molecule has 1 amide bonds. The van der Waals surface area contributed by atoms with Crippen LogP contribution in [0.5, 0.6) is 0 Å². The Morgan fingerprint density at radius 3 is 2.76 bits per heavy atom. The van der Waals surface area contributed by atoms with Crippen molar-refractivity contribution in [1.29, 1.82) is 0 Å². The Kier molecular flexibility index (Phi) is 5.21. The van der Waals surface area contributed by atoms with E-state index in [0.29, 0.717) is 18.2 Å². The van der Waals surface area contributed by atoms with Gasteiger partial charge in [-0.15, -0.1) is 0 Å². The quantitative estimate of drug-likeness (QED) is 0.821.